The summed E-state index contributed by atoms with van der Waals surface area (Å²) in [4.78, 5) is 14.4. The molecule has 1 saturated heterocycles. The molecule has 0 aromatic carbocycles. The van der Waals surface area contributed by atoms with E-state index in [1.807, 2.05) is 0 Å². The van der Waals surface area contributed by atoms with Gasteiger partial charge in [-0.3, -0.25) is 9.69 Å². The van der Waals surface area contributed by atoms with Gasteiger partial charge < -0.3 is 33.9 Å². The maximum Gasteiger partial charge on any atom is 0.302 e. The number of carbonyl (C=O) groups is 1. The first-order chi connectivity index (χ1) is 17.2. The Kier molecular flexibility index (Phi) is 5.73. The van der Waals surface area contributed by atoms with E-state index in [0.717, 1.165) is 19.3 Å². The third-order valence-electron chi connectivity index (χ3n) is 11.9. The van der Waals surface area contributed by atoms with Crippen LogP contribution in [0, 0.1) is 34.5 Å². The van der Waals surface area contributed by atoms with Gasteiger partial charge in [0, 0.05) is 76.9 Å². The van der Waals surface area contributed by atoms with Gasteiger partial charge in [0.2, 0.25) is 0 Å². The van der Waals surface area contributed by atoms with Gasteiger partial charge in [-0.25, -0.2) is 0 Å². The molecule has 9 nitrogen and oxygen atoms in total. The zero-order valence-corrected chi connectivity index (χ0v) is 22.4. The maximum atomic E-state index is 13.1. The summed E-state index contributed by atoms with van der Waals surface area (Å²) >= 11 is 0. The molecule has 0 aromatic heterocycles. The number of ether oxygens (including phenoxy) is 5. The minimum absolute atomic E-state index is 0.0457. The predicted molar refractivity (Wildman–Crippen MR) is 128 cm³/mol. The van der Waals surface area contributed by atoms with Gasteiger partial charge in [0.15, 0.2) is 0 Å². The monoisotopic (exact) mass is 509 g/mol. The zero-order valence-electron chi connectivity index (χ0n) is 22.4. The van der Waals surface area contributed by atoms with Crippen molar-refractivity contribution >= 4 is 5.97 Å². The average molecular weight is 510 g/mol. The van der Waals surface area contributed by atoms with Crippen LogP contribution in [0.3, 0.4) is 0 Å². The van der Waals surface area contributed by atoms with E-state index in [2.05, 4.69) is 11.8 Å². The molecule has 5 aliphatic carbocycles. The summed E-state index contributed by atoms with van der Waals surface area (Å²) in [6.45, 7) is 5.22. The van der Waals surface area contributed by atoms with Crippen LogP contribution in [0.25, 0.3) is 0 Å². The Morgan fingerprint density at radius 1 is 1.08 bits per heavy atom. The number of nitrogens with zero attached hydrogens (tertiary/aromatic N) is 1. The number of hydrogen-bond donors (Lipinski definition) is 2. The minimum atomic E-state index is -1.56. The van der Waals surface area contributed by atoms with Gasteiger partial charge in [0.1, 0.15) is 11.2 Å². The fourth-order valence-corrected chi connectivity index (χ4v) is 11.2. The predicted octanol–water partition coefficient (Wildman–Crippen LogP) is 0.842. The highest BCUT2D eigenvalue weighted by Crippen LogP contribution is 2.80. The van der Waals surface area contributed by atoms with Crippen molar-refractivity contribution in [3.8, 4) is 0 Å². The molecular formula is C27H43NO8. The lowest BCUT2D eigenvalue weighted by atomic mass is 9.42. The van der Waals surface area contributed by atoms with Crippen molar-refractivity contribution in [1.29, 1.82) is 0 Å². The SMILES string of the molecule is CCN1C[C@]2(COC(C)=O)CC[C@H](OC)[C@@]34[C@@H]5C[C@H]6[C@H](OC)[C@@H]5[C@](O)(C[C@@H]6OC)[C@@](O)([C@H](OC)[C@H]23)[C@@H]14. The molecule has 7 bridgehead atoms. The molecule has 1 aliphatic heterocycles. The number of esters is 1. The van der Waals surface area contributed by atoms with Crippen LogP contribution in [0.2, 0.25) is 0 Å². The largest absolute Gasteiger partial charge is 0.465 e. The highest BCUT2D eigenvalue weighted by atomic mass is 16.5. The summed E-state index contributed by atoms with van der Waals surface area (Å²) < 4.78 is 30.5. The first-order valence-electron chi connectivity index (χ1n) is 13.6. The Hall–Kier alpha value is -0.810. The van der Waals surface area contributed by atoms with E-state index in [0.29, 0.717) is 19.5 Å². The number of likely N-dealkylation sites (N-methyl/N-ethyl adjacent to an activating group) is 1. The molecule has 6 rings (SSSR count). The van der Waals surface area contributed by atoms with Crippen LogP contribution < -0.4 is 0 Å². The number of likely N-dealkylation sites (tertiary alicyclic amines) is 1. The van der Waals surface area contributed by atoms with E-state index < -0.39 is 28.1 Å². The van der Waals surface area contributed by atoms with E-state index in [1.54, 1.807) is 28.4 Å². The van der Waals surface area contributed by atoms with E-state index in [9.17, 15) is 15.0 Å². The lowest BCUT2D eigenvalue weighted by molar-refractivity contribution is -0.320. The van der Waals surface area contributed by atoms with Crippen LogP contribution >= 0.6 is 0 Å². The molecule has 9 heteroatoms. The highest BCUT2D eigenvalue weighted by Gasteiger charge is 2.91. The van der Waals surface area contributed by atoms with Gasteiger partial charge in [0.05, 0.1) is 37.1 Å². The van der Waals surface area contributed by atoms with Crippen molar-refractivity contribution < 1.29 is 38.7 Å². The Labute approximate surface area is 213 Å². The molecule has 6 fully saturated rings. The molecule has 36 heavy (non-hydrogen) atoms. The standard InChI is InChI=1S/C27H43NO8/c1-7-28-12-24(13-36-14(2)29)9-8-18(33-4)26-16-10-15-17(32-3)11-25(30,19(16)20(15)34-5)27(31,23(26)28)22(35-6)21(24)26/h15-23,30-31H,7-13H2,1-6H3/t15-,16-,17+,18+,19-,20+,21-,22-,23+,24+,25-,26+,27-/m1/s1. The molecule has 5 saturated carbocycles. The third-order valence-corrected chi connectivity index (χ3v) is 11.9. The van der Waals surface area contributed by atoms with Crippen LogP contribution in [0.1, 0.15) is 39.5 Å². The quantitative estimate of drug-likeness (QED) is 0.483. The Morgan fingerprint density at radius 3 is 2.42 bits per heavy atom. The molecule has 1 spiro atoms. The second-order valence-electron chi connectivity index (χ2n) is 12.5. The number of fused-ring (bicyclic) bond motifs is 2. The summed E-state index contributed by atoms with van der Waals surface area (Å²) in [5, 5.41) is 26.0. The normalized spacial score (nSPS) is 56.6. The Bertz CT molecular complexity index is 918. The first kappa shape index (κ1) is 25.5. The van der Waals surface area contributed by atoms with Crippen LogP contribution in [-0.2, 0) is 28.5 Å². The summed E-state index contributed by atoms with van der Waals surface area (Å²) in [7, 11) is 6.83. The van der Waals surface area contributed by atoms with Crippen molar-refractivity contribution in [3.05, 3.63) is 0 Å². The van der Waals surface area contributed by atoms with Gasteiger partial charge in [-0.05, 0) is 31.7 Å². The fraction of sp³-hybridized carbons (Fsp3) is 0.963. The van der Waals surface area contributed by atoms with E-state index in [4.69, 9.17) is 23.7 Å². The lowest BCUT2D eigenvalue weighted by Gasteiger charge is -2.70. The number of aliphatic hydroxyl groups is 2. The topological polar surface area (TPSA) is 107 Å². The molecule has 0 unspecified atom stereocenters. The second-order valence-corrected chi connectivity index (χ2v) is 12.5. The van der Waals surface area contributed by atoms with Crippen molar-refractivity contribution in [2.75, 3.05) is 48.1 Å². The van der Waals surface area contributed by atoms with E-state index in [-0.39, 0.29) is 60.6 Å². The lowest BCUT2D eigenvalue weighted by Crippen LogP contribution is -2.82. The summed E-state index contributed by atoms with van der Waals surface area (Å²) in [5.74, 6) is -0.523. The van der Waals surface area contributed by atoms with E-state index in [1.165, 1.54) is 6.92 Å². The molecule has 0 amide bonds. The van der Waals surface area contributed by atoms with Crippen molar-refractivity contribution in [2.24, 2.45) is 34.5 Å². The summed E-state index contributed by atoms with van der Waals surface area (Å²) in [6, 6.07) is -0.348. The van der Waals surface area contributed by atoms with Crippen LogP contribution in [-0.4, -0.2) is 111 Å². The Morgan fingerprint density at radius 2 is 1.83 bits per heavy atom. The molecule has 1 heterocycles. The second kappa shape index (κ2) is 8.10. The number of rotatable bonds is 7. The van der Waals surface area contributed by atoms with Crippen molar-refractivity contribution in [1.82, 2.24) is 4.90 Å². The summed E-state index contributed by atoms with van der Waals surface area (Å²) in [5.41, 5.74) is -3.91. The zero-order chi connectivity index (χ0) is 25.8. The molecular weight excluding hydrogens is 466 g/mol. The first-order valence-corrected chi connectivity index (χ1v) is 13.6. The van der Waals surface area contributed by atoms with Gasteiger partial charge >= 0.3 is 5.97 Å². The molecule has 2 N–H and O–H groups in total. The maximum absolute atomic E-state index is 13.1. The van der Waals surface area contributed by atoms with Gasteiger partial charge in [-0.15, -0.1) is 0 Å². The molecule has 13 atom stereocenters. The molecule has 0 radical (unpaired) electrons. The minimum Gasteiger partial charge on any atom is -0.465 e. The van der Waals surface area contributed by atoms with Crippen LogP contribution in [0.5, 0.6) is 0 Å². The average Bonchev–Trinajstić information content (AvgIpc) is 3.28. The fourth-order valence-electron chi connectivity index (χ4n) is 11.2. The highest BCUT2D eigenvalue weighted by molar-refractivity contribution is 5.66. The third kappa shape index (κ3) is 2.55. The number of piperidine rings is 1. The number of carbonyl (C=O) groups excluding carboxylic acids is 1. The number of methoxy groups -OCH3 is 4. The van der Waals surface area contributed by atoms with Gasteiger partial charge in [-0.1, -0.05) is 6.92 Å². The summed E-state index contributed by atoms with van der Waals surface area (Å²) in [6.07, 6.45) is 1.59. The number of hydrogen-bond acceptors (Lipinski definition) is 9. The van der Waals surface area contributed by atoms with Gasteiger partial charge in [-0.2, -0.15) is 0 Å². The van der Waals surface area contributed by atoms with Crippen molar-refractivity contribution in [3.63, 3.8) is 0 Å². The van der Waals surface area contributed by atoms with Crippen LogP contribution in [0.4, 0.5) is 0 Å². The van der Waals surface area contributed by atoms with Gasteiger partial charge in [0.25, 0.3) is 0 Å². The van der Waals surface area contributed by atoms with E-state index >= 15 is 0 Å². The van der Waals surface area contributed by atoms with Crippen LogP contribution in [0.15, 0.2) is 0 Å². The molecule has 6 aliphatic rings. The molecule has 204 valence electrons. The smallest absolute Gasteiger partial charge is 0.302 e. The molecule has 0 aromatic rings. The van der Waals surface area contributed by atoms with Crippen molar-refractivity contribution in [2.45, 2.75) is 81.2 Å². The Balaban J connectivity index is 1.65.